The van der Waals surface area contributed by atoms with Gasteiger partial charge in [-0.05, 0) is 24.9 Å². The maximum absolute atomic E-state index is 5.46. The maximum atomic E-state index is 5.46. The van der Waals surface area contributed by atoms with E-state index in [-0.39, 0.29) is 0 Å². The summed E-state index contributed by atoms with van der Waals surface area (Å²) in [5.41, 5.74) is 1.20. The monoisotopic (exact) mass is 251 g/mol. The molecule has 0 aliphatic rings. The molecule has 0 saturated carbocycles. The Kier molecular flexibility index (Phi) is 5.99. The lowest BCUT2D eigenvalue weighted by atomic mass is 10.0. The third-order valence-corrected chi connectivity index (χ3v) is 3.00. The molecule has 102 valence electrons. The second-order valence-corrected chi connectivity index (χ2v) is 4.87. The lowest BCUT2D eigenvalue weighted by Gasteiger charge is -2.21. The van der Waals surface area contributed by atoms with Crippen LogP contribution in [0.5, 0.6) is 11.5 Å². The number of nitrogens with one attached hydrogen (secondary N) is 1. The normalized spacial score (nSPS) is 12.6. The SMILES string of the molecule is CC[C@H](NCC(C)C)c1ccc(OC)cc1OC. The lowest BCUT2D eigenvalue weighted by Crippen LogP contribution is -2.25. The second-order valence-electron chi connectivity index (χ2n) is 4.87. The van der Waals surface area contributed by atoms with Crippen LogP contribution < -0.4 is 14.8 Å². The molecule has 0 fully saturated rings. The lowest BCUT2D eigenvalue weighted by molar-refractivity contribution is 0.379. The third kappa shape index (κ3) is 3.91. The number of ether oxygens (including phenoxy) is 2. The molecular formula is C15H25NO2. The summed E-state index contributed by atoms with van der Waals surface area (Å²) in [6.07, 6.45) is 1.04. The number of benzene rings is 1. The molecule has 0 aliphatic heterocycles. The van der Waals surface area contributed by atoms with Gasteiger partial charge in [-0.1, -0.05) is 26.8 Å². The van der Waals surface area contributed by atoms with Crippen LogP contribution in [0, 0.1) is 5.92 Å². The van der Waals surface area contributed by atoms with E-state index in [1.165, 1.54) is 5.56 Å². The minimum atomic E-state index is 0.327. The third-order valence-electron chi connectivity index (χ3n) is 3.00. The van der Waals surface area contributed by atoms with Crippen molar-refractivity contribution in [1.82, 2.24) is 5.32 Å². The Morgan fingerprint density at radius 1 is 1.17 bits per heavy atom. The van der Waals surface area contributed by atoms with Crippen LogP contribution in [0.25, 0.3) is 0 Å². The van der Waals surface area contributed by atoms with Gasteiger partial charge in [0.25, 0.3) is 0 Å². The van der Waals surface area contributed by atoms with Gasteiger partial charge in [-0.15, -0.1) is 0 Å². The van der Waals surface area contributed by atoms with Gasteiger partial charge in [-0.3, -0.25) is 0 Å². The molecule has 0 radical (unpaired) electrons. The molecule has 0 amide bonds. The van der Waals surface area contributed by atoms with Gasteiger partial charge in [-0.2, -0.15) is 0 Å². The fourth-order valence-corrected chi connectivity index (χ4v) is 1.96. The Bertz CT molecular complexity index is 364. The molecule has 3 heteroatoms. The Hall–Kier alpha value is -1.22. The van der Waals surface area contributed by atoms with E-state index in [0.29, 0.717) is 12.0 Å². The van der Waals surface area contributed by atoms with E-state index >= 15 is 0 Å². The molecule has 3 nitrogen and oxygen atoms in total. The minimum absolute atomic E-state index is 0.327. The number of methoxy groups -OCH3 is 2. The van der Waals surface area contributed by atoms with Crippen LogP contribution in [0.3, 0.4) is 0 Å². The van der Waals surface area contributed by atoms with E-state index in [1.807, 2.05) is 12.1 Å². The summed E-state index contributed by atoms with van der Waals surface area (Å²) >= 11 is 0. The van der Waals surface area contributed by atoms with Gasteiger partial charge in [0.05, 0.1) is 14.2 Å². The van der Waals surface area contributed by atoms with Crippen molar-refractivity contribution in [2.24, 2.45) is 5.92 Å². The fourth-order valence-electron chi connectivity index (χ4n) is 1.96. The van der Waals surface area contributed by atoms with Crippen LogP contribution in [0.15, 0.2) is 18.2 Å². The standard InChI is InChI=1S/C15H25NO2/c1-6-14(16-10-11(2)3)13-8-7-12(17-4)9-15(13)18-5/h7-9,11,14,16H,6,10H2,1-5H3/t14-/m0/s1. The predicted molar refractivity (Wildman–Crippen MR) is 75.4 cm³/mol. The summed E-state index contributed by atoms with van der Waals surface area (Å²) in [6.45, 7) is 7.62. The van der Waals surface area contributed by atoms with E-state index in [1.54, 1.807) is 14.2 Å². The molecule has 0 unspecified atom stereocenters. The van der Waals surface area contributed by atoms with E-state index < -0.39 is 0 Å². The van der Waals surface area contributed by atoms with E-state index in [9.17, 15) is 0 Å². The Morgan fingerprint density at radius 2 is 1.89 bits per heavy atom. The number of hydrogen-bond acceptors (Lipinski definition) is 3. The van der Waals surface area contributed by atoms with Gasteiger partial charge in [-0.25, -0.2) is 0 Å². The number of hydrogen-bond donors (Lipinski definition) is 1. The first-order valence-corrected chi connectivity index (χ1v) is 6.57. The smallest absolute Gasteiger partial charge is 0.127 e. The summed E-state index contributed by atoms with van der Waals surface area (Å²) in [5, 5.41) is 3.58. The first kappa shape index (κ1) is 14.8. The van der Waals surface area contributed by atoms with E-state index in [0.717, 1.165) is 24.5 Å². The molecule has 0 aromatic heterocycles. The second kappa shape index (κ2) is 7.27. The van der Waals surface area contributed by atoms with Gasteiger partial charge >= 0.3 is 0 Å². The molecule has 0 bridgehead atoms. The summed E-state index contributed by atoms with van der Waals surface area (Å²) in [5.74, 6) is 2.36. The topological polar surface area (TPSA) is 30.5 Å². The highest BCUT2D eigenvalue weighted by Crippen LogP contribution is 2.30. The highest BCUT2D eigenvalue weighted by molar-refractivity contribution is 5.42. The molecular weight excluding hydrogens is 226 g/mol. The fraction of sp³-hybridized carbons (Fsp3) is 0.600. The maximum Gasteiger partial charge on any atom is 0.127 e. The Morgan fingerprint density at radius 3 is 2.39 bits per heavy atom. The van der Waals surface area contributed by atoms with Gasteiger partial charge in [0.2, 0.25) is 0 Å². The van der Waals surface area contributed by atoms with Crippen LogP contribution in [0.4, 0.5) is 0 Å². The van der Waals surface area contributed by atoms with Crippen molar-refractivity contribution in [3.63, 3.8) is 0 Å². The Labute approximate surface area is 110 Å². The number of rotatable bonds is 7. The zero-order chi connectivity index (χ0) is 13.5. The van der Waals surface area contributed by atoms with Crippen molar-refractivity contribution in [3.8, 4) is 11.5 Å². The predicted octanol–water partition coefficient (Wildman–Crippen LogP) is 3.40. The zero-order valence-electron chi connectivity index (χ0n) is 12.1. The highest BCUT2D eigenvalue weighted by atomic mass is 16.5. The van der Waals surface area contributed by atoms with Gasteiger partial charge in [0.1, 0.15) is 11.5 Å². The molecule has 0 saturated heterocycles. The first-order valence-electron chi connectivity index (χ1n) is 6.57. The van der Waals surface area contributed by atoms with E-state index in [4.69, 9.17) is 9.47 Å². The quantitative estimate of drug-likeness (QED) is 0.805. The highest BCUT2D eigenvalue weighted by Gasteiger charge is 2.15. The van der Waals surface area contributed by atoms with Crippen LogP contribution in [-0.2, 0) is 0 Å². The summed E-state index contributed by atoms with van der Waals surface area (Å²) in [7, 11) is 3.37. The van der Waals surface area contributed by atoms with Crippen LogP contribution in [0.1, 0.15) is 38.8 Å². The largest absolute Gasteiger partial charge is 0.497 e. The van der Waals surface area contributed by atoms with Crippen LogP contribution in [-0.4, -0.2) is 20.8 Å². The van der Waals surface area contributed by atoms with Gasteiger partial charge < -0.3 is 14.8 Å². The van der Waals surface area contributed by atoms with Crippen molar-refractivity contribution in [1.29, 1.82) is 0 Å². The molecule has 18 heavy (non-hydrogen) atoms. The average molecular weight is 251 g/mol. The first-order chi connectivity index (χ1) is 8.62. The summed E-state index contributed by atoms with van der Waals surface area (Å²) in [6, 6.07) is 6.33. The minimum Gasteiger partial charge on any atom is -0.497 e. The van der Waals surface area contributed by atoms with Gasteiger partial charge in [0.15, 0.2) is 0 Å². The molecule has 1 rings (SSSR count). The Balaban J connectivity index is 2.90. The van der Waals surface area contributed by atoms with E-state index in [2.05, 4.69) is 32.2 Å². The van der Waals surface area contributed by atoms with Crippen molar-refractivity contribution in [2.45, 2.75) is 33.2 Å². The van der Waals surface area contributed by atoms with Crippen molar-refractivity contribution in [2.75, 3.05) is 20.8 Å². The van der Waals surface area contributed by atoms with Crippen molar-refractivity contribution in [3.05, 3.63) is 23.8 Å². The molecule has 0 aliphatic carbocycles. The van der Waals surface area contributed by atoms with Crippen molar-refractivity contribution >= 4 is 0 Å². The molecule has 1 aromatic carbocycles. The van der Waals surface area contributed by atoms with Crippen molar-refractivity contribution < 1.29 is 9.47 Å². The van der Waals surface area contributed by atoms with Gasteiger partial charge in [0, 0.05) is 17.7 Å². The van der Waals surface area contributed by atoms with Crippen LogP contribution >= 0.6 is 0 Å². The molecule has 0 spiro atoms. The average Bonchev–Trinajstić information content (AvgIpc) is 2.39. The molecule has 1 aromatic rings. The van der Waals surface area contributed by atoms with Crippen LogP contribution in [0.2, 0.25) is 0 Å². The molecule has 1 atom stereocenters. The summed E-state index contributed by atoms with van der Waals surface area (Å²) < 4.78 is 10.7. The zero-order valence-corrected chi connectivity index (χ0v) is 12.1. The molecule has 0 heterocycles. The molecule has 1 N–H and O–H groups in total. The summed E-state index contributed by atoms with van der Waals surface area (Å²) in [4.78, 5) is 0.